The number of carbonyl (C=O) groups is 3. The molecule has 0 spiro atoms. The van der Waals surface area contributed by atoms with Gasteiger partial charge in [0.2, 0.25) is 5.91 Å². The third-order valence-corrected chi connectivity index (χ3v) is 7.18. The highest BCUT2D eigenvalue weighted by atomic mass is 32.2. The fraction of sp³-hybridized carbons (Fsp3) is 0.250. The number of imide groups is 1. The normalized spacial score (nSPS) is 17.4. The first-order valence-corrected chi connectivity index (χ1v) is 12.6. The van der Waals surface area contributed by atoms with E-state index in [9.17, 15) is 14.4 Å². The predicted molar refractivity (Wildman–Crippen MR) is 138 cm³/mol. The Morgan fingerprint density at radius 2 is 1.66 bits per heavy atom. The monoisotopic (exact) mass is 486 g/mol. The number of rotatable bonds is 6. The molecule has 6 nitrogen and oxygen atoms in total. The number of piperidine rings is 1. The highest BCUT2D eigenvalue weighted by Crippen LogP contribution is 2.32. The Bertz CT molecular complexity index is 1300. The average Bonchev–Trinajstić information content (AvgIpc) is 3.15. The van der Waals surface area contributed by atoms with Crippen molar-refractivity contribution in [2.45, 2.75) is 25.9 Å². The number of hydrogen-bond donors (Lipinski definition) is 0. The Hall–Kier alpha value is -3.58. The third kappa shape index (κ3) is 5.41. The second-order valence-corrected chi connectivity index (χ2v) is 9.74. The molecule has 0 aliphatic carbocycles. The maximum absolute atomic E-state index is 12.8. The summed E-state index contributed by atoms with van der Waals surface area (Å²) in [4.78, 5) is 40.8. The molecule has 178 valence electrons. The Labute approximate surface area is 208 Å². The lowest BCUT2D eigenvalue weighted by molar-refractivity contribution is -0.136. The van der Waals surface area contributed by atoms with Crippen LogP contribution in [0.25, 0.3) is 16.8 Å². The summed E-state index contributed by atoms with van der Waals surface area (Å²) in [5.41, 5.74) is 1.87. The first kappa shape index (κ1) is 23.2. The predicted octanol–water partition coefficient (Wildman–Crippen LogP) is 5.47. The minimum Gasteiger partial charge on any atom is -0.489 e. The number of amides is 3. The lowest BCUT2D eigenvalue weighted by Crippen LogP contribution is -2.44. The third-order valence-electron chi connectivity index (χ3n) is 6.27. The summed E-state index contributed by atoms with van der Waals surface area (Å²) in [5.74, 6) is 0.138. The second kappa shape index (κ2) is 10.4. The highest BCUT2D eigenvalue weighted by molar-refractivity contribution is 8.18. The Morgan fingerprint density at radius 3 is 2.43 bits per heavy atom. The number of carbonyl (C=O) groups excluding carboxylic acids is 3. The summed E-state index contributed by atoms with van der Waals surface area (Å²) >= 11 is 0.874. The minimum absolute atomic E-state index is 0.166. The van der Waals surface area contributed by atoms with E-state index in [-0.39, 0.29) is 12.5 Å². The van der Waals surface area contributed by atoms with Crippen molar-refractivity contribution in [1.82, 2.24) is 9.80 Å². The molecule has 0 saturated carbocycles. The van der Waals surface area contributed by atoms with Gasteiger partial charge in [-0.1, -0.05) is 48.5 Å². The van der Waals surface area contributed by atoms with Crippen LogP contribution in [0.3, 0.4) is 0 Å². The Balaban J connectivity index is 1.19. The van der Waals surface area contributed by atoms with Crippen LogP contribution in [0.4, 0.5) is 4.79 Å². The van der Waals surface area contributed by atoms with E-state index in [0.717, 1.165) is 52.8 Å². The maximum Gasteiger partial charge on any atom is 0.294 e. The number of ether oxygens (including phenoxy) is 1. The van der Waals surface area contributed by atoms with Gasteiger partial charge in [0.1, 0.15) is 18.9 Å². The smallest absolute Gasteiger partial charge is 0.294 e. The van der Waals surface area contributed by atoms with Gasteiger partial charge < -0.3 is 9.64 Å². The zero-order valence-corrected chi connectivity index (χ0v) is 20.1. The van der Waals surface area contributed by atoms with E-state index in [1.54, 1.807) is 11.0 Å². The molecule has 0 N–H and O–H groups in total. The molecule has 0 radical (unpaired) electrons. The molecule has 3 aromatic rings. The number of fused-ring (bicyclic) bond motifs is 1. The van der Waals surface area contributed by atoms with Crippen molar-refractivity contribution < 1.29 is 19.1 Å². The van der Waals surface area contributed by atoms with E-state index in [4.69, 9.17) is 4.74 Å². The van der Waals surface area contributed by atoms with Crippen LogP contribution in [0, 0.1) is 0 Å². The van der Waals surface area contributed by atoms with E-state index >= 15 is 0 Å². The summed E-state index contributed by atoms with van der Waals surface area (Å²) in [6.07, 6.45) is 4.73. The fourth-order valence-corrected chi connectivity index (χ4v) is 5.16. The SMILES string of the molecule is O=C(CN1C(=O)S/C(=C\c2ccc(OCc3ccc4ccccc4c3)cc2)C1=O)N1CCCCC1. The van der Waals surface area contributed by atoms with Crippen molar-refractivity contribution in [2.24, 2.45) is 0 Å². The van der Waals surface area contributed by atoms with Gasteiger partial charge in [-0.15, -0.1) is 0 Å². The van der Waals surface area contributed by atoms with Crippen molar-refractivity contribution >= 4 is 45.7 Å². The Kier molecular flexibility index (Phi) is 6.86. The van der Waals surface area contributed by atoms with E-state index < -0.39 is 11.1 Å². The molecule has 2 heterocycles. The van der Waals surface area contributed by atoms with Crippen LogP contribution in [0.15, 0.2) is 71.6 Å². The molecule has 0 bridgehead atoms. The molecule has 35 heavy (non-hydrogen) atoms. The molecule has 2 saturated heterocycles. The first-order valence-electron chi connectivity index (χ1n) is 11.8. The second-order valence-electron chi connectivity index (χ2n) is 8.75. The molecule has 2 aliphatic rings. The quantitative estimate of drug-likeness (QED) is 0.433. The minimum atomic E-state index is -0.415. The van der Waals surface area contributed by atoms with Crippen LogP contribution in [0.5, 0.6) is 5.75 Å². The molecule has 3 amide bonds. The molecule has 5 rings (SSSR count). The van der Waals surface area contributed by atoms with Crippen LogP contribution in [-0.4, -0.2) is 46.5 Å². The lowest BCUT2D eigenvalue weighted by atomic mass is 10.1. The van der Waals surface area contributed by atoms with E-state index in [0.29, 0.717) is 24.6 Å². The summed E-state index contributed by atoms with van der Waals surface area (Å²) < 4.78 is 5.93. The van der Waals surface area contributed by atoms with Crippen LogP contribution in [0.1, 0.15) is 30.4 Å². The zero-order chi connectivity index (χ0) is 24.2. The van der Waals surface area contributed by atoms with Crippen LogP contribution in [-0.2, 0) is 16.2 Å². The molecule has 2 aliphatic heterocycles. The molecule has 3 aromatic carbocycles. The molecule has 0 atom stereocenters. The zero-order valence-electron chi connectivity index (χ0n) is 19.3. The standard InChI is InChI=1S/C28H26N2O4S/c31-26(29-14-4-1-5-15-29)18-30-27(32)25(35-28(30)33)17-20-9-12-24(13-10-20)34-19-21-8-11-22-6-2-3-7-23(22)16-21/h2-3,6-13,16-17H,1,4-5,14-15,18-19H2/b25-17-. The Morgan fingerprint density at radius 1 is 0.914 bits per heavy atom. The van der Waals surface area contributed by atoms with E-state index in [1.807, 2.05) is 36.4 Å². The van der Waals surface area contributed by atoms with Crippen molar-refractivity contribution in [1.29, 1.82) is 0 Å². The molecule has 0 unspecified atom stereocenters. The average molecular weight is 487 g/mol. The van der Waals surface area contributed by atoms with E-state index in [2.05, 4.69) is 30.3 Å². The number of likely N-dealkylation sites (tertiary alicyclic amines) is 1. The highest BCUT2D eigenvalue weighted by Gasteiger charge is 2.37. The number of nitrogens with zero attached hydrogens (tertiary/aromatic N) is 2. The van der Waals surface area contributed by atoms with Gasteiger partial charge in [0.05, 0.1) is 4.91 Å². The summed E-state index contributed by atoms with van der Waals surface area (Å²) in [6, 6.07) is 21.9. The van der Waals surface area contributed by atoms with Gasteiger partial charge >= 0.3 is 0 Å². The van der Waals surface area contributed by atoms with Gasteiger partial charge in [-0.25, -0.2) is 0 Å². The van der Waals surface area contributed by atoms with Crippen LogP contribution >= 0.6 is 11.8 Å². The number of hydrogen-bond acceptors (Lipinski definition) is 5. The number of benzene rings is 3. The van der Waals surface area contributed by atoms with Crippen molar-refractivity contribution in [2.75, 3.05) is 19.6 Å². The van der Waals surface area contributed by atoms with Crippen molar-refractivity contribution in [3.8, 4) is 5.75 Å². The van der Waals surface area contributed by atoms with Gasteiger partial charge in [-0.3, -0.25) is 19.3 Å². The molecule has 2 fully saturated rings. The molecule has 0 aromatic heterocycles. The summed E-state index contributed by atoms with van der Waals surface area (Å²) in [5, 5.41) is 1.97. The fourth-order valence-electron chi connectivity index (χ4n) is 4.32. The molecular formula is C28H26N2O4S. The molecule has 7 heteroatoms. The van der Waals surface area contributed by atoms with Gasteiger partial charge in [0, 0.05) is 13.1 Å². The lowest BCUT2D eigenvalue weighted by Gasteiger charge is -2.27. The summed E-state index contributed by atoms with van der Waals surface area (Å²) in [6.45, 7) is 1.65. The van der Waals surface area contributed by atoms with E-state index in [1.165, 1.54) is 10.8 Å². The van der Waals surface area contributed by atoms with Crippen LogP contribution < -0.4 is 4.74 Å². The van der Waals surface area contributed by atoms with Gasteiger partial charge in [0.25, 0.3) is 11.1 Å². The first-order chi connectivity index (χ1) is 17.1. The largest absolute Gasteiger partial charge is 0.489 e. The number of thioether (sulfide) groups is 1. The van der Waals surface area contributed by atoms with Crippen LogP contribution in [0.2, 0.25) is 0 Å². The van der Waals surface area contributed by atoms with Gasteiger partial charge in [-0.05, 0) is 77.2 Å². The summed E-state index contributed by atoms with van der Waals surface area (Å²) in [7, 11) is 0. The molecular weight excluding hydrogens is 460 g/mol. The van der Waals surface area contributed by atoms with Gasteiger partial charge in [0.15, 0.2) is 0 Å². The van der Waals surface area contributed by atoms with Gasteiger partial charge in [-0.2, -0.15) is 0 Å². The van der Waals surface area contributed by atoms with Crippen molar-refractivity contribution in [3.05, 3.63) is 82.8 Å². The van der Waals surface area contributed by atoms with Crippen molar-refractivity contribution in [3.63, 3.8) is 0 Å². The maximum atomic E-state index is 12.8. The topological polar surface area (TPSA) is 66.9 Å².